The van der Waals surface area contributed by atoms with Gasteiger partial charge in [-0.25, -0.2) is 0 Å². The second-order valence-corrected chi connectivity index (χ2v) is 7.54. The van der Waals surface area contributed by atoms with Crippen molar-refractivity contribution >= 4 is 34.4 Å². The molecule has 0 spiro atoms. The van der Waals surface area contributed by atoms with Gasteiger partial charge in [-0.2, -0.15) is 0 Å². The summed E-state index contributed by atoms with van der Waals surface area (Å²) >= 11 is 5.57. The molecule has 1 aromatic heterocycles. The number of thiocarbonyl (C=S) groups is 1. The number of ketones is 1. The molecule has 0 radical (unpaired) electrons. The molecule has 1 aromatic carbocycles. The van der Waals surface area contributed by atoms with E-state index in [1.165, 1.54) is 0 Å². The average molecular weight is 395 g/mol. The predicted octanol–water partition coefficient (Wildman–Crippen LogP) is 4.44. The maximum Gasteiger partial charge on any atom is 0.167 e. The molecule has 0 bridgehead atoms. The van der Waals surface area contributed by atoms with Gasteiger partial charge in [0.05, 0.1) is 17.5 Å². The number of aromatic nitrogens is 1. The molecular weight excluding hydrogens is 368 g/mol. The van der Waals surface area contributed by atoms with Crippen molar-refractivity contribution < 1.29 is 4.79 Å². The first-order valence-electron chi connectivity index (χ1n) is 9.60. The highest BCUT2D eigenvalue weighted by Gasteiger charge is 2.24. The number of allylic oxidation sites excluding steroid dienone is 1. The van der Waals surface area contributed by atoms with E-state index in [9.17, 15) is 4.79 Å². The molecule has 5 nitrogen and oxygen atoms in total. The zero-order chi connectivity index (χ0) is 19.9. The van der Waals surface area contributed by atoms with E-state index in [0.717, 1.165) is 35.5 Å². The van der Waals surface area contributed by atoms with E-state index in [-0.39, 0.29) is 5.78 Å². The van der Waals surface area contributed by atoms with E-state index < -0.39 is 0 Å². The summed E-state index contributed by atoms with van der Waals surface area (Å²) < 4.78 is 0. The van der Waals surface area contributed by atoms with Gasteiger partial charge >= 0.3 is 0 Å². The molecule has 0 aliphatic heterocycles. The number of nitrogens with one attached hydrogen (secondary N) is 3. The lowest BCUT2D eigenvalue weighted by Gasteiger charge is -2.23. The third-order valence-electron chi connectivity index (χ3n) is 4.52. The van der Waals surface area contributed by atoms with Gasteiger partial charge in [0.1, 0.15) is 4.99 Å². The molecule has 1 aliphatic carbocycles. The Morgan fingerprint density at radius 3 is 2.71 bits per heavy atom. The zero-order valence-electron chi connectivity index (χ0n) is 16.3. The first kappa shape index (κ1) is 20.0. The number of carbonyl (C=O) groups excluding carboxylic acids is 1. The lowest BCUT2D eigenvalue weighted by atomic mass is 9.94. The van der Waals surface area contributed by atoms with Gasteiger partial charge in [0.15, 0.2) is 5.78 Å². The molecule has 146 valence electrons. The number of hydrogen-bond acceptors (Lipinski definition) is 5. The highest BCUT2D eigenvalue weighted by Crippen LogP contribution is 2.24. The predicted molar refractivity (Wildman–Crippen MR) is 118 cm³/mol. The molecule has 3 N–H and O–H groups in total. The fraction of sp³-hybridized carbons (Fsp3) is 0.318. The van der Waals surface area contributed by atoms with Gasteiger partial charge in [0.25, 0.3) is 0 Å². The molecular formula is C22H26N4OS. The summed E-state index contributed by atoms with van der Waals surface area (Å²) in [6.07, 6.45) is 5.81. The second-order valence-electron chi connectivity index (χ2n) is 7.14. The van der Waals surface area contributed by atoms with Crippen LogP contribution < -0.4 is 16.0 Å². The maximum atomic E-state index is 12.6. The highest BCUT2D eigenvalue weighted by molar-refractivity contribution is 7.81. The van der Waals surface area contributed by atoms with Gasteiger partial charge in [-0.3, -0.25) is 9.78 Å². The van der Waals surface area contributed by atoms with Crippen LogP contribution >= 0.6 is 12.2 Å². The maximum absolute atomic E-state index is 12.6. The molecule has 0 amide bonds. The minimum absolute atomic E-state index is 0.0949. The Hall–Kier alpha value is -2.73. The Balaban J connectivity index is 1.79. The molecule has 0 saturated carbocycles. The van der Waals surface area contributed by atoms with Gasteiger partial charge in [-0.1, -0.05) is 30.4 Å². The smallest absolute Gasteiger partial charge is 0.167 e. The van der Waals surface area contributed by atoms with Crippen LogP contribution in [0.3, 0.4) is 0 Å². The molecule has 1 heterocycles. The molecule has 1 aliphatic rings. The lowest BCUT2D eigenvalue weighted by molar-refractivity contribution is -0.115. The van der Waals surface area contributed by atoms with Crippen molar-refractivity contribution in [1.29, 1.82) is 0 Å². The van der Waals surface area contributed by atoms with E-state index in [1.54, 1.807) is 6.20 Å². The monoisotopic (exact) mass is 394 g/mol. The van der Waals surface area contributed by atoms with Crippen molar-refractivity contribution in [3.05, 3.63) is 65.6 Å². The van der Waals surface area contributed by atoms with Gasteiger partial charge in [0.2, 0.25) is 0 Å². The van der Waals surface area contributed by atoms with Crippen molar-refractivity contribution in [2.24, 2.45) is 0 Å². The van der Waals surface area contributed by atoms with Gasteiger partial charge < -0.3 is 16.0 Å². The molecule has 0 atom stereocenters. The third kappa shape index (κ3) is 5.16. The first-order valence-corrected chi connectivity index (χ1v) is 10.0. The molecule has 3 rings (SSSR count). The summed E-state index contributed by atoms with van der Waals surface area (Å²) in [5.41, 5.74) is 4.51. The number of pyridine rings is 1. The summed E-state index contributed by atoms with van der Waals surface area (Å²) in [5.74, 6) is 0.0949. The number of anilines is 2. The van der Waals surface area contributed by atoms with Crippen LogP contribution in [0.4, 0.5) is 11.4 Å². The quantitative estimate of drug-likeness (QED) is 0.604. The number of carbonyl (C=O) groups is 1. The number of para-hydroxylation sites is 1. The fourth-order valence-electron chi connectivity index (χ4n) is 3.22. The Labute approximate surface area is 171 Å². The van der Waals surface area contributed by atoms with Crippen molar-refractivity contribution in [2.45, 2.75) is 45.7 Å². The standard InChI is InChI=1S/C22H26N4OS/c1-15(2)25-19-14-23-12-11-16(19)13-24-18-9-6-10-20(27)21(18)22(28)26-17-7-4-3-5-8-17/h3-5,7-8,11-12,14-15,24-25H,6,9-10,13H2,1-2H3,(H,26,28). The van der Waals surface area contributed by atoms with E-state index in [2.05, 4.69) is 34.8 Å². The van der Waals surface area contributed by atoms with E-state index in [1.807, 2.05) is 42.6 Å². The number of rotatable bonds is 7. The van der Waals surface area contributed by atoms with Crippen molar-refractivity contribution in [1.82, 2.24) is 10.3 Å². The number of benzene rings is 1. The van der Waals surface area contributed by atoms with Crippen LogP contribution in [0.1, 0.15) is 38.7 Å². The number of nitrogens with zero attached hydrogens (tertiary/aromatic N) is 1. The minimum atomic E-state index is 0.0949. The SMILES string of the molecule is CC(C)Nc1cnccc1CNC1=C(C(=S)Nc2ccccc2)C(=O)CCC1. The van der Waals surface area contributed by atoms with E-state index in [0.29, 0.717) is 29.6 Å². The normalized spacial score (nSPS) is 14.2. The van der Waals surface area contributed by atoms with Crippen molar-refractivity contribution in [2.75, 3.05) is 10.6 Å². The largest absolute Gasteiger partial charge is 0.384 e. The van der Waals surface area contributed by atoms with Crippen LogP contribution in [0.2, 0.25) is 0 Å². The zero-order valence-corrected chi connectivity index (χ0v) is 17.1. The molecule has 0 saturated heterocycles. The summed E-state index contributed by atoms with van der Waals surface area (Å²) in [6.45, 7) is 4.80. The topological polar surface area (TPSA) is 66.1 Å². The van der Waals surface area contributed by atoms with Crippen molar-refractivity contribution in [3.8, 4) is 0 Å². The summed E-state index contributed by atoms with van der Waals surface area (Å²) in [4.78, 5) is 17.3. The van der Waals surface area contributed by atoms with Crippen LogP contribution in [0.15, 0.2) is 60.1 Å². The third-order valence-corrected chi connectivity index (χ3v) is 4.82. The number of Topliss-reactive ketones (excluding diaryl/α,β-unsaturated/α-hetero) is 1. The molecule has 28 heavy (non-hydrogen) atoms. The Bertz CT molecular complexity index is 877. The Morgan fingerprint density at radius 1 is 1.18 bits per heavy atom. The van der Waals surface area contributed by atoms with Crippen LogP contribution in [0.25, 0.3) is 0 Å². The van der Waals surface area contributed by atoms with Gasteiger partial charge in [-0.05, 0) is 50.5 Å². The van der Waals surface area contributed by atoms with Crippen LogP contribution in [-0.2, 0) is 11.3 Å². The molecule has 0 unspecified atom stereocenters. The summed E-state index contributed by atoms with van der Waals surface area (Å²) in [5, 5.41) is 10.1. The van der Waals surface area contributed by atoms with Gasteiger partial charge in [0, 0.05) is 36.6 Å². The van der Waals surface area contributed by atoms with Crippen LogP contribution in [-0.4, -0.2) is 21.8 Å². The summed E-state index contributed by atoms with van der Waals surface area (Å²) in [7, 11) is 0. The van der Waals surface area contributed by atoms with Crippen LogP contribution in [0, 0.1) is 0 Å². The van der Waals surface area contributed by atoms with Crippen molar-refractivity contribution in [3.63, 3.8) is 0 Å². The van der Waals surface area contributed by atoms with Gasteiger partial charge in [-0.15, -0.1) is 0 Å². The average Bonchev–Trinajstić information content (AvgIpc) is 2.67. The fourth-order valence-corrected chi connectivity index (χ4v) is 3.57. The highest BCUT2D eigenvalue weighted by atomic mass is 32.1. The Kier molecular flexibility index (Phi) is 6.76. The van der Waals surface area contributed by atoms with E-state index >= 15 is 0 Å². The molecule has 0 fully saturated rings. The first-order chi connectivity index (χ1) is 13.5. The molecule has 6 heteroatoms. The summed E-state index contributed by atoms with van der Waals surface area (Å²) in [6, 6.07) is 12.0. The number of hydrogen-bond donors (Lipinski definition) is 3. The second kappa shape index (κ2) is 9.46. The lowest BCUT2D eigenvalue weighted by Crippen LogP contribution is -2.29. The van der Waals surface area contributed by atoms with E-state index in [4.69, 9.17) is 12.2 Å². The van der Waals surface area contributed by atoms with Crippen LogP contribution in [0.5, 0.6) is 0 Å². The Morgan fingerprint density at radius 2 is 1.96 bits per heavy atom. The minimum Gasteiger partial charge on any atom is -0.384 e. The molecule has 2 aromatic rings.